The zero-order valence-electron chi connectivity index (χ0n) is 9.16. The summed E-state index contributed by atoms with van der Waals surface area (Å²) in [6.45, 7) is 0. The molecule has 0 spiro atoms. The van der Waals surface area contributed by atoms with Crippen LogP contribution in [0, 0.1) is 11.3 Å². The van der Waals surface area contributed by atoms with E-state index < -0.39 is 12.3 Å². The van der Waals surface area contributed by atoms with Crippen LogP contribution in [0.4, 0.5) is 8.78 Å². The van der Waals surface area contributed by atoms with E-state index in [2.05, 4.69) is 0 Å². The second-order valence-corrected chi connectivity index (χ2v) is 3.89. The zero-order chi connectivity index (χ0) is 12.3. The highest BCUT2D eigenvalue weighted by atomic mass is 19.3. The van der Waals surface area contributed by atoms with Crippen LogP contribution in [0.1, 0.15) is 18.4 Å². The largest absolute Gasteiger partial charge is 0.274 e. The van der Waals surface area contributed by atoms with Crippen LogP contribution in [-0.2, 0) is 5.92 Å². The van der Waals surface area contributed by atoms with Gasteiger partial charge >= 0.3 is 0 Å². The highest BCUT2D eigenvalue weighted by molar-refractivity contribution is 5.86. The normalized spacial score (nSPS) is 11.4. The van der Waals surface area contributed by atoms with Gasteiger partial charge in [0.2, 0.25) is 0 Å². The molecule has 0 atom stereocenters. The van der Waals surface area contributed by atoms with E-state index >= 15 is 0 Å². The highest BCUT2D eigenvalue weighted by Crippen LogP contribution is 2.36. The molecule has 17 heavy (non-hydrogen) atoms. The summed E-state index contributed by atoms with van der Waals surface area (Å²) in [5.41, 5.74) is 0.00542. The van der Waals surface area contributed by atoms with Crippen LogP contribution in [0.5, 0.6) is 0 Å². The topological polar surface area (TPSA) is 23.8 Å². The predicted octanol–water partition coefficient (Wildman–Crippen LogP) is 4.24. The van der Waals surface area contributed by atoms with Gasteiger partial charge in [-0.15, -0.1) is 0 Å². The fraction of sp³-hybridized carbons (Fsp3) is 0.214. The number of rotatable bonds is 3. The number of hydrogen-bond acceptors (Lipinski definition) is 1. The number of nitriles is 1. The summed E-state index contributed by atoms with van der Waals surface area (Å²) >= 11 is 0. The minimum atomic E-state index is -2.95. The van der Waals surface area contributed by atoms with Crippen molar-refractivity contribution in [2.24, 2.45) is 0 Å². The molecule has 0 saturated heterocycles. The van der Waals surface area contributed by atoms with Crippen molar-refractivity contribution < 1.29 is 8.78 Å². The van der Waals surface area contributed by atoms with Gasteiger partial charge in [-0.2, -0.15) is 5.26 Å². The predicted molar refractivity (Wildman–Crippen MR) is 62.7 cm³/mol. The molecule has 0 radical (unpaired) electrons. The number of nitrogens with zero attached hydrogens (tertiary/aromatic N) is 1. The smallest absolute Gasteiger partial charge is 0.201 e. The lowest BCUT2D eigenvalue weighted by Gasteiger charge is -2.17. The molecule has 0 fully saturated rings. The van der Waals surface area contributed by atoms with Crippen molar-refractivity contribution >= 4 is 10.8 Å². The Labute approximate surface area is 98.3 Å². The van der Waals surface area contributed by atoms with Gasteiger partial charge in [-0.05, 0) is 10.8 Å². The molecular formula is C14H11F2N. The molecule has 0 heterocycles. The fourth-order valence-corrected chi connectivity index (χ4v) is 1.89. The Kier molecular flexibility index (Phi) is 3.06. The van der Waals surface area contributed by atoms with E-state index in [1.54, 1.807) is 36.4 Å². The maximum Gasteiger partial charge on any atom is 0.274 e. The summed E-state index contributed by atoms with van der Waals surface area (Å²) in [6, 6.07) is 13.7. The number of benzene rings is 2. The molecule has 0 aliphatic carbocycles. The standard InChI is InChI=1S/C14H11F2N/c15-14(16,9-4-10-17)13-8-3-6-11-5-1-2-7-12(11)13/h1-3,5-8H,4,9H2. The Morgan fingerprint density at radius 1 is 1.06 bits per heavy atom. The lowest BCUT2D eigenvalue weighted by Crippen LogP contribution is -2.13. The van der Waals surface area contributed by atoms with Crippen molar-refractivity contribution in [1.82, 2.24) is 0 Å². The molecule has 2 rings (SSSR count). The van der Waals surface area contributed by atoms with Crippen molar-refractivity contribution in [3.8, 4) is 6.07 Å². The molecule has 0 N–H and O–H groups in total. The van der Waals surface area contributed by atoms with Crippen LogP contribution in [-0.4, -0.2) is 0 Å². The van der Waals surface area contributed by atoms with E-state index in [-0.39, 0.29) is 12.0 Å². The Hall–Kier alpha value is -1.95. The Balaban J connectivity index is 2.52. The lowest BCUT2D eigenvalue weighted by molar-refractivity contribution is -0.0104. The first-order valence-corrected chi connectivity index (χ1v) is 5.38. The first-order valence-electron chi connectivity index (χ1n) is 5.38. The molecule has 2 aromatic rings. The number of alkyl halides is 2. The quantitative estimate of drug-likeness (QED) is 0.775. The van der Waals surface area contributed by atoms with Gasteiger partial charge in [-0.1, -0.05) is 42.5 Å². The van der Waals surface area contributed by atoms with E-state index in [9.17, 15) is 8.78 Å². The summed E-state index contributed by atoms with van der Waals surface area (Å²) in [6.07, 6.45) is -0.576. The Bertz CT molecular complexity index is 564. The van der Waals surface area contributed by atoms with Crippen molar-refractivity contribution in [3.63, 3.8) is 0 Å². The van der Waals surface area contributed by atoms with Gasteiger partial charge in [-0.3, -0.25) is 0 Å². The maximum atomic E-state index is 13.9. The number of hydrogen-bond donors (Lipinski definition) is 0. The molecule has 0 aromatic heterocycles. The van der Waals surface area contributed by atoms with Gasteiger partial charge in [-0.25, -0.2) is 8.78 Å². The molecule has 0 saturated carbocycles. The number of halogens is 2. The minimum Gasteiger partial charge on any atom is -0.201 e. The molecule has 3 heteroatoms. The third-order valence-electron chi connectivity index (χ3n) is 2.73. The summed E-state index contributed by atoms with van der Waals surface area (Å²) in [5, 5.41) is 9.75. The fourth-order valence-electron chi connectivity index (χ4n) is 1.89. The Morgan fingerprint density at radius 3 is 2.53 bits per heavy atom. The van der Waals surface area contributed by atoms with E-state index in [1.165, 1.54) is 6.07 Å². The first-order chi connectivity index (χ1) is 8.15. The average molecular weight is 231 g/mol. The molecule has 0 bridgehead atoms. The maximum absolute atomic E-state index is 13.9. The van der Waals surface area contributed by atoms with Crippen LogP contribution >= 0.6 is 0 Å². The first kappa shape index (κ1) is 11.5. The number of fused-ring (bicyclic) bond motifs is 1. The van der Waals surface area contributed by atoms with Gasteiger partial charge in [0, 0.05) is 18.4 Å². The lowest BCUT2D eigenvalue weighted by atomic mass is 9.97. The minimum absolute atomic E-state index is 0.00542. The Morgan fingerprint density at radius 2 is 1.76 bits per heavy atom. The SMILES string of the molecule is N#CCCC(F)(F)c1cccc2ccccc12. The van der Waals surface area contributed by atoms with E-state index in [0.717, 1.165) is 5.39 Å². The summed E-state index contributed by atoms with van der Waals surface area (Å²) < 4.78 is 27.8. The van der Waals surface area contributed by atoms with Crippen LogP contribution in [0.25, 0.3) is 10.8 Å². The monoisotopic (exact) mass is 231 g/mol. The molecular weight excluding hydrogens is 220 g/mol. The molecule has 0 aliphatic heterocycles. The molecule has 0 unspecified atom stereocenters. The van der Waals surface area contributed by atoms with Crippen LogP contribution in [0.2, 0.25) is 0 Å². The van der Waals surface area contributed by atoms with Gasteiger partial charge < -0.3 is 0 Å². The third-order valence-corrected chi connectivity index (χ3v) is 2.73. The zero-order valence-corrected chi connectivity index (χ0v) is 9.16. The third kappa shape index (κ3) is 2.26. The van der Waals surface area contributed by atoms with Crippen molar-refractivity contribution in [1.29, 1.82) is 5.26 Å². The molecule has 1 nitrogen and oxygen atoms in total. The van der Waals surface area contributed by atoms with E-state index in [4.69, 9.17) is 5.26 Å². The average Bonchev–Trinajstić information content (AvgIpc) is 2.36. The van der Waals surface area contributed by atoms with E-state index in [0.29, 0.717) is 5.39 Å². The second kappa shape index (κ2) is 4.50. The van der Waals surface area contributed by atoms with Gasteiger partial charge in [0.1, 0.15) is 0 Å². The van der Waals surface area contributed by atoms with Gasteiger partial charge in [0.15, 0.2) is 0 Å². The molecule has 0 amide bonds. The van der Waals surface area contributed by atoms with Crippen LogP contribution in [0.15, 0.2) is 42.5 Å². The van der Waals surface area contributed by atoms with Crippen molar-refractivity contribution in [2.45, 2.75) is 18.8 Å². The second-order valence-electron chi connectivity index (χ2n) is 3.89. The summed E-state index contributed by atoms with van der Waals surface area (Å²) in [4.78, 5) is 0. The van der Waals surface area contributed by atoms with Gasteiger partial charge in [0.05, 0.1) is 6.07 Å². The molecule has 2 aromatic carbocycles. The van der Waals surface area contributed by atoms with Crippen LogP contribution < -0.4 is 0 Å². The molecule has 0 aliphatic rings. The van der Waals surface area contributed by atoms with Crippen LogP contribution in [0.3, 0.4) is 0 Å². The summed E-state index contributed by atoms with van der Waals surface area (Å²) in [7, 11) is 0. The highest BCUT2D eigenvalue weighted by Gasteiger charge is 2.32. The van der Waals surface area contributed by atoms with Crippen molar-refractivity contribution in [2.75, 3.05) is 0 Å². The van der Waals surface area contributed by atoms with Gasteiger partial charge in [0.25, 0.3) is 5.92 Å². The van der Waals surface area contributed by atoms with E-state index in [1.807, 2.05) is 6.07 Å². The summed E-state index contributed by atoms with van der Waals surface area (Å²) in [5.74, 6) is -2.95. The van der Waals surface area contributed by atoms with Crippen molar-refractivity contribution in [3.05, 3.63) is 48.0 Å². The molecule has 86 valence electrons.